The van der Waals surface area contributed by atoms with E-state index >= 15 is 0 Å². The van der Waals surface area contributed by atoms with Gasteiger partial charge in [-0.1, -0.05) is 37.6 Å². The Morgan fingerprint density at radius 1 is 1.19 bits per heavy atom. The van der Waals surface area contributed by atoms with Crippen molar-refractivity contribution in [2.75, 3.05) is 14.2 Å². The molecule has 1 N–H and O–H groups in total. The normalized spacial score (nSPS) is 13.7. The number of carbonyl (C=O) groups excluding carboxylic acids is 1. The topological polar surface area (TPSA) is 108 Å². The minimum absolute atomic E-state index is 0.0985. The number of nitrogens with one attached hydrogen (secondary N) is 1. The molecule has 0 fully saturated rings. The Labute approximate surface area is 160 Å². The van der Waals surface area contributed by atoms with Gasteiger partial charge in [-0.25, -0.2) is 17.9 Å². The van der Waals surface area contributed by atoms with E-state index in [4.69, 9.17) is 13.8 Å². The highest BCUT2D eigenvalue weighted by Crippen LogP contribution is 2.52. The summed E-state index contributed by atoms with van der Waals surface area (Å²) in [7, 11) is -5.65. The molecule has 0 radical (unpaired) electrons. The number of amides is 1. The first kappa shape index (κ1) is 23.4. The molecular formula is C17H26NO7PS. The second kappa shape index (κ2) is 10.0. The zero-order valence-electron chi connectivity index (χ0n) is 16.0. The fourth-order valence-electron chi connectivity index (χ4n) is 1.98. The first-order valence-electron chi connectivity index (χ1n) is 8.22. The van der Waals surface area contributed by atoms with E-state index < -0.39 is 29.6 Å². The maximum Gasteiger partial charge on any atom is 0.422 e. The summed E-state index contributed by atoms with van der Waals surface area (Å²) in [6.07, 6.45) is 2.38. The van der Waals surface area contributed by atoms with E-state index in [-0.39, 0.29) is 4.90 Å². The van der Waals surface area contributed by atoms with Crippen LogP contribution in [0.3, 0.4) is 0 Å². The van der Waals surface area contributed by atoms with Gasteiger partial charge in [0.15, 0.2) is 0 Å². The van der Waals surface area contributed by atoms with Gasteiger partial charge in [0.25, 0.3) is 10.0 Å². The van der Waals surface area contributed by atoms with Crippen molar-refractivity contribution in [3.63, 3.8) is 0 Å². The lowest BCUT2D eigenvalue weighted by atomic mass is 10.1. The number of carbonyl (C=O) groups is 1. The molecule has 0 saturated carbocycles. The molecule has 1 aromatic carbocycles. The van der Waals surface area contributed by atoms with Gasteiger partial charge in [0.2, 0.25) is 5.85 Å². The molecule has 1 atom stereocenters. The van der Waals surface area contributed by atoms with E-state index in [1.807, 2.05) is 13.8 Å². The predicted molar refractivity (Wildman–Crippen MR) is 102 cm³/mol. The van der Waals surface area contributed by atoms with Gasteiger partial charge in [-0.2, -0.15) is 0 Å². The van der Waals surface area contributed by atoms with Gasteiger partial charge in [0.1, 0.15) is 0 Å². The molecular weight excluding hydrogens is 393 g/mol. The molecule has 0 bridgehead atoms. The molecule has 1 unspecified atom stereocenters. The number of allylic oxidation sites excluding steroid dienone is 1. The summed E-state index contributed by atoms with van der Waals surface area (Å²) in [5.41, 5.74) is 0.869. The van der Waals surface area contributed by atoms with Crippen molar-refractivity contribution in [2.24, 2.45) is 5.92 Å². The standard InChI is InChI=1S/C17H26NO7PS/c1-13(2)7-6-8-16(26(20,23-4)24-5)25-17(19)18-27(21,22)15-11-9-14(3)10-12-15/h6,8-13,16H,7H2,1-5H3,(H,18,19)/b8-6+. The number of hydrogen-bond donors (Lipinski definition) is 1. The molecule has 1 rings (SSSR count). The molecule has 0 saturated heterocycles. The lowest BCUT2D eigenvalue weighted by Crippen LogP contribution is -2.33. The summed E-state index contributed by atoms with van der Waals surface area (Å²) in [6, 6.07) is 5.92. The van der Waals surface area contributed by atoms with Crippen LogP contribution in [0.2, 0.25) is 0 Å². The van der Waals surface area contributed by atoms with Gasteiger partial charge in [-0.3, -0.25) is 4.57 Å². The van der Waals surface area contributed by atoms with Gasteiger partial charge >= 0.3 is 13.7 Å². The number of rotatable bonds is 9. The maximum absolute atomic E-state index is 12.6. The van der Waals surface area contributed by atoms with Crippen LogP contribution in [0.15, 0.2) is 41.3 Å². The zero-order chi connectivity index (χ0) is 20.7. The fourth-order valence-corrected chi connectivity index (χ4v) is 3.98. The number of sulfonamides is 1. The van der Waals surface area contributed by atoms with Crippen LogP contribution in [-0.2, 0) is 28.4 Å². The number of aryl methyl sites for hydroxylation is 1. The second-order valence-electron chi connectivity index (χ2n) is 6.18. The molecule has 0 aliphatic heterocycles. The number of ether oxygens (including phenoxy) is 1. The van der Waals surface area contributed by atoms with Gasteiger partial charge in [0, 0.05) is 14.2 Å². The van der Waals surface area contributed by atoms with Crippen LogP contribution >= 0.6 is 7.60 Å². The molecule has 1 aromatic rings. The summed E-state index contributed by atoms with van der Waals surface area (Å²) in [5.74, 6) is -1.07. The number of hydrogen-bond acceptors (Lipinski definition) is 7. The minimum atomic E-state index is -4.13. The fraction of sp³-hybridized carbons (Fsp3) is 0.471. The summed E-state index contributed by atoms with van der Waals surface area (Å²) < 4.78 is 53.7. The van der Waals surface area contributed by atoms with Gasteiger partial charge in [0.05, 0.1) is 4.90 Å². The van der Waals surface area contributed by atoms with Crippen LogP contribution in [0.25, 0.3) is 0 Å². The molecule has 0 aromatic heterocycles. The highest BCUT2D eigenvalue weighted by Gasteiger charge is 2.36. The second-order valence-corrected chi connectivity index (χ2v) is 10.2. The van der Waals surface area contributed by atoms with Crippen molar-refractivity contribution in [3.05, 3.63) is 42.0 Å². The SMILES string of the molecule is COP(=O)(OC)C(/C=C/CC(C)C)OC(=O)NS(=O)(=O)c1ccc(C)cc1. The first-order chi connectivity index (χ1) is 12.5. The van der Waals surface area contributed by atoms with Gasteiger partial charge < -0.3 is 13.8 Å². The number of benzene rings is 1. The summed E-state index contributed by atoms with van der Waals surface area (Å²) in [4.78, 5) is 12.0. The average Bonchev–Trinajstić information content (AvgIpc) is 2.59. The van der Waals surface area contributed by atoms with Crippen molar-refractivity contribution in [1.82, 2.24) is 4.72 Å². The minimum Gasteiger partial charge on any atom is -0.428 e. The van der Waals surface area contributed by atoms with Gasteiger partial charge in [-0.05, 0) is 37.5 Å². The molecule has 0 heterocycles. The maximum atomic E-state index is 12.6. The Hall–Kier alpha value is -1.67. The van der Waals surface area contributed by atoms with E-state index in [2.05, 4.69) is 0 Å². The van der Waals surface area contributed by atoms with E-state index in [1.54, 1.807) is 29.9 Å². The highest BCUT2D eigenvalue weighted by atomic mass is 32.2. The van der Waals surface area contributed by atoms with E-state index in [9.17, 15) is 17.8 Å². The molecule has 10 heteroatoms. The van der Waals surface area contributed by atoms with Crippen LogP contribution in [0.1, 0.15) is 25.8 Å². The predicted octanol–water partition coefficient (Wildman–Crippen LogP) is 3.82. The monoisotopic (exact) mass is 419 g/mol. The van der Waals surface area contributed by atoms with E-state index in [1.165, 1.54) is 18.2 Å². The van der Waals surface area contributed by atoms with Crippen molar-refractivity contribution >= 4 is 23.7 Å². The Morgan fingerprint density at radius 3 is 2.22 bits per heavy atom. The van der Waals surface area contributed by atoms with E-state index in [0.717, 1.165) is 19.8 Å². The van der Waals surface area contributed by atoms with Crippen molar-refractivity contribution in [2.45, 2.75) is 37.9 Å². The Morgan fingerprint density at radius 2 is 1.74 bits per heavy atom. The molecule has 0 spiro atoms. The summed E-state index contributed by atoms with van der Waals surface area (Å²) >= 11 is 0. The molecule has 152 valence electrons. The molecule has 27 heavy (non-hydrogen) atoms. The van der Waals surface area contributed by atoms with E-state index in [0.29, 0.717) is 12.3 Å². The van der Waals surface area contributed by atoms with Crippen LogP contribution in [0.5, 0.6) is 0 Å². The van der Waals surface area contributed by atoms with Crippen molar-refractivity contribution in [3.8, 4) is 0 Å². The van der Waals surface area contributed by atoms with Crippen molar-refractivity contribution in [1.29, 1.82) is 0 Å². The first-order valence-corrected chi connectivity index (χ1v) is 11.3. The quantitative estimate of drug-likeness (QED) is 0.479. The highest BCUT2D eigenvalue weighted by molar-refractivity contribution is 7.90. The smallest absolute Gasteiger partial charge is 0.422 e. The lowest BCUT2D eigenvalue weighted by molar-refractivity contribution is 0.132. The molecule has 8 nitrogen and oxygen atoms in total. The van der Waals surface area contributed by atoms with Gasteiger partial charge in [-0.15, -0.1) is 0 Å². The largest absolute Gasteiger partial charge is 0.428 e. The van der Waals surface area contributed by atoms with Crippen LogP contribution in [0, 0.1) is 12.8 Å². The summed E-state index contributed by atoms with van der Waals surface area (Å²) in [6.45, 7) is 5.76. The summed E-state index contributed by atoms with van der Waals surface area (Å²) in [5, 5.41) is 0. The third kappa shape index (κ3) is 7.10. The molecule has 0 aliphatic rings. The third-order valence-corrected chi connectivity index (χ3v) is 6.75. The molecule has 1 amide bonds. The third-order valence-electron chi connectivity index (χ3n) is 3.51. The van der Waals surface area contributed by atoms with Crippen LogP contribution in [0.4, 0.5) is 4.79 Å². The molecule has 0 aliphatic carbocycles. The van der Waals surface area contributed by atoms with Crippen molar-refractivity contribution < 1.29 is 31.6 Å². The average molecular weight is 419 g/mol. The lowest BCUT2D eigenvalue weighted by Gasteiger charge is -2.22. The Kier molecular flexibility index (Phi) is 8.68. The van der Waals surface area contributed by atoms with Crippen LogP contribution in [-0.4, -0.2) is 34.6 Å². The van der Waals surface area contributed by atoms with Crippen LogP contribution < -0.4 is 4.72 Å². The zero-order valence-corrected chi connectivity index (χ0v) is 17.8. The Bertz CT molecular complexity index is 795. The Balaban J connectivity index is 2.96.